The van der Waals surface area contributed by atoms with Crippen molar-refractivity contribution in [3.63, 3.8) is 0 Å². The fraction of sp³-hybridized carbons (Fsp3) is 0.818. The normalized spacial score (nSPS) is 17.2. The van der Waals surface area contributed by atoms with Crippen LogP contribution in [0.3, 0.4) is 0 Å². The van der Waals surface area contributed by atoms with E-state index in [1.807, 2.05) is 6.92 Å². The Bertz CT molecular complexity index is 284. The van der Waals surface area contributed by atoms with E-state index in [-0.39, 0.29) is 24.4 Å². The predicted octanol–water partition coefficient (Wildman–Crippen LogP) is 0.0987. The predicted molar refractivity (Wildman–Crippen MR) is 72.4 cm³/mol. The minimum atomic E-state index is -0.676. The molecule has 18 heavy (non-hydrogen) atoms. The highest BCUT2D eigenvalue weighted by atomic mass is 35.5. The van der Waals surface area contributed by atoms with Crippen molar-refractivity contribution in [3.8, 4) is 0 Å². The quantitative estimate of drug-likeness (QED) is 0.530. The first kappa shape index (κ1) is 17.0. The van der Waals surface area contributed by atoms with Gasteiger partial charge in [0.2, 0.25) is 5.91 Å². The SMILES string of the molecule is CCC[C@@H](NC(N)=O)C(=O)NCC(N)C1CC1.Cl. The zero-order valence-corrected chi connectivity index (χ0v) is 11.5. The molecule has 106 valence electrons. The van der Waals surface area contributed by atoms with Gasteiger partial charge in [0.25, 0.3) is 0 Å². The second kappa shape index (κ2) is 8.16. The molecule has 0 heterocycles. The van der Waals surface area contributed by atoms with Gasteiger partial charge < -0.3 is 22.1 Å². The molecule has 6 nitrogen and oxygen atoms in total. The lowest BCUT2D eigenvalue weighted by molar-refractivity contribution is -0.123. The fourth-order valence-electron chi connectivity index (χ4n) is 1.76. The minimum Gasteiger partial charge on any atom is -0.353 e. The van der Waals surface area contributed by atoms with Gasteiger partial charge in [-0.05, 0) is 25.2 Å². The molecule has 0 aromatic rings. The summed E-state index contributed by atoms with van der Waals surface area (Å²) >= 11 is 0. The monoisotopic (exact) mass is 278 g/mol. The van der Waals surface area contributed by atoms with Gasteiger partial charge in [-0.25, -0.2) is 4.79 Å². The lowest BCUT2D eigenvalue weighted by Gasteiger charge is -2.18. The molecule has 7 heteroatoms. The molecular weight excluding hydrogens is 256 g/mol. The molecule has 0 radical (unpaired) electrons. The van der Waals surface area contributed by atoms with Crippen molar-refractivity contribution in [1.29, 1.82) is 0 Å². The zero-order chi connectivity index (χ0) is 12.8. The third kappa shape index (κ3) is 6.07. The lowest BCUT2D eigenvalue weighted by atomic mass is 10.1. The number of nitrogens with one attached hydrogen (secondary N) is 2. The number of rotatable bonds is 7. The standard InChI is InChI=1S/C11H22N4O2.ClH/c1-2-3-9(15-11(13)17)10(16)14-6-8(12)7-4-5-7;/h7-9H,2-6,12H2,1H3,(H,14,16)(H3,13,15,17);1H/t8?,9-;/m1./s1. The Hall–Kier alpha value is -1.01. The van der Waals surface area contributed by atoms with Gasteiger partial charge in [0.15, 0.2) is 0 Å². The molecule has 1 fully saturated rings. The second-order valence-corrected chi connectivity index (χ2v) is 4.60. The van der Waals surface area contributed by atoms with Crippen molar-refractivity contribution in [2.24, 2.45) is 17.4 Å². The lowest BCUT2D eigenvalue weighted by Crippen LogP contribution is -2.50. The van der Waals surface area contributed by atoms with Crippen molar-refractivity contribution in [2.75, 3.05) is 6.54 Å². The van der Waals surface area contributed by atoms with Gasteiger partial charge in [0.05, 0.1) is 0 Å². The maximum atomic E-state index is 11.8. The Morgan fingerprint density at radius 1 is 1.39 bits per heavy atom. The first-order valence-corrected chi connectivity index (χ1v) is 6.13. The highest BCUT2D eigenvalue weighted by Gasteiger charge is 2.29. The molecule has 1 aliphatic carbocycles. The average Bonchev–Trinajstić information content (AvgIpc) is 3.08. The molecule has 6 N–H and O–H groups in total. The van der Waals surface area contributed by atoms with Gasteiger partial charge in [0, 0.05) is 12.6 Å². The maximum Gasteiger partial charge on any atom is 0.312 e. The highest BCUT2D eigenvalue weighted by molar-refractivity contribution is 5.86. The summed E-state index contributed by atoms with van der Waals surface area (Å²) in [5.74, 6) is 0.339. The molecule has 3 amide bonds. The van der Waals surface area contributed by atoms with Crippen LogP contribution in [0.1, 0.15) is 32.6 Å². The first-order valence-electron chi connectivity index (χ1n) is 6.13. The number of amides is 3. The van der Waals surface area contributed by atoms with E-state index >= 15 is 0 Å². The number of halogens is 1. The van der Waals surface area contributed by atoms with Gasteiger partial charge in [0.1, 0.15) is 6.04 Å². The van der Waals surface area contributed by atoms with Crippen molar-refractivity contribution in [1.82, 2.24) is 10.6 Å². The molecule has 1 aliphatic rings. The molecule has 1 unspecified atom stereocenters. The largest absolute Gasteiger partial charge is 0.353 e. The second-order valence-electron chi connectivity index (χ2n) is 4.60. The van der Waals surface area contributed by atoms with Crippen molar-refractivity contribution >= 4 is 24.3 Å². The highest BCUT2D eigenvalue weighted by Crippen LogP contribution is 2.31. The molecule has 0 aromatic heterocycles. The summed E-state index contributed by atoms with van der Waals surface area (Å²) in [6.07, 6.45) is 3.67. The van der Waals surface area contributed by atoms with Crippen LogP contribution in [0.5, 0.6) is 0 Å². The topological polar surface area (TPSA) is 110 Å². The molecule has 0 aliphatic heterocycles. The van der Waals surface area contributed by atoms with Gasteiger partial charge in [-0.2, -0.15) is 0 Å². The number of hydrogen-bond donors (Lipinski definition) is 4. The van der Waals surface area contributed by atoms with Crippen LogP contribution in [0.2, 0.25) is 0 Å². The smallest absolute Gasteiger partial charge is 0.312 e. The van der Waals surface area contributed by atoms with E-state index in [0.717, 1.165) is 19.3 Å². The van der Waals surface area contributed by atoms with Crippen LogP contribution in [0.4, 0.5) is 4.79 Å². The number of primary amides is 1. The van der Waals surface area contributed by atoms with Crippen LogP contribution < -0.4 is 22.1 Å². The summed E-state index contributed by atoms with van der Waals surface area (Å²) in [6.45, 7) is 2.41. The third-order valence-electron chi connectivity index (χ3n) is 2.95. The van der Waals surface area contributed by atoms with E-state index in [1.54, 1.807) is 0 Å². The zero-order valence-electron chi connectivity index (χ0n) is 10.6. The van der Waals surface area contributed by atoms with E-state index in [9.17, 15) is 9.59 Å². The summed E-state index contributed by atoms with van der Waals surface area (Å²) in [4.78, 5) is 22.5. The Morgan fingerprint density at radius 2 is 2.00 bits per heavy atom. The van der Waals surface area contributed by atoms with E-state index in [4.69, 9.17) is 11.5 Å². The van der Waals surface area contributed by atoms with E-state index in [1.165, 1.54) is 0 Å². The number of hydrogen-bond acceptors (Lipinski definition) is 3. The molecule has 2 atom stereocenters. The summed E-state index contributed by atoms with van der Waals surface area (Å²) in [5.41, 5.74) is 10.9. The fourth-order valence-corrected chi connectivity index (χ4v) is 1.76. The van der Waals surface area contributed by atoms with Gasteiger partial charge >= 0.3 is 6.03 Å². The Kier molecular flexibility index (Phi) is 7.70. The average molecular weight is 279 g/mol. The van der Waals surface area contributed by atoms with Gasteiger partial charge in [-0.3, -0.25) is 4.79 Å². The van der Waals surface area contributed by atoms with Crippen molar-refractivity contribution < 1.29 is 9.59 Å². The van der Waals surface area contributed by atoms with Crippen LogP contribution in [0.15, 0.2) is 0 Å². The van der Waals surface area contributed by atoms with E-state index < -0.39 is 12.1 Å². The molecule has 0 aromatic carbocycles. The maximum absolute atomic E-state index is 11.8. The van der Waals surface area contributed by atoms with E-state index in [2.05, 4.69) is 10.6 Å². The van der Waals surface area contributed by atoms with Crippen LogP contribution in [0.25, 0.3) is 0 Å². The Morgan fingerprint density at radius 3 is 2.44 bits per heavy atom. The Balaban J connectivity index is 0.00000289. The molecule has 1 saturated carbocycles. The molecule has 0 saturated heterocycles. The number of carbonyl (C=O) groups is 2. The number of nitrogens with two attached hydrogens (primary N) is 2. The van der Waals surface area contributed by atoms with Crippen molar-refractivity contribution in [3.05, 3.63) is 0 Å². The first-order chi connectivity index (χ1) is 8.04. The minimum absolute atomic E-state index is 0. The van der Waals surface area contributed by atoms with Gasteiger partial charge in [-0.15, -0.1) is 12.4 Å². The van der Waals surface area contributed by atoms with E-state index in [0.29, 0.717) is 18.9 Å². The van der Waals surface area contributed by atoms with Gasteiger partial charge in [-0.1, -0.05) is 13.3 Å². The number of urea groups is 1. The van der Waals surface area contributed by atoms with Crippen LogP contribution >= 0.6 is 12.4 Å². The molecule has 1 rings (SSSR count). The summed E-state index contributed by atoms with van der Waals surface area (Å²) in [7, 11) is 0. The number of carbonyl (C=O) groups excluding carboxylic acids is 2. The van der Waals surface area contributed by atoms with Crippen LogP contribution in [-0.2, 0) is 4.79 Å². The van der Waals surface area contributed by atoms with Crippen LogP contribution in [0, 0.1) is 5.92 Å². The summed E-state index contributed by atoms with van der Waals surface area (Å²) in [5, 5.41) is 5.19. The summed E-state index contributed by atoms with van der Waals surface area (Å²) < 4.78 is 0. The third-order valence-corrected chi connectivity index (χ3v) is 2.95. The van der Waals surface area contributed by atoms with Crippen LogP contribution in [-0.4, -0.2) is 30.6 Å². The molecule has 0 bridgehead atoms. The molecule has 0 spiro atoms. The summed E-state index contributed by atoms with van der Waals surface area (Å²) in [6, 6.07) is -1.20. The Labute approximate surface area is 114 Å². The van der Waals surface area contributed by atoms with Crippen molar-refractivity contribution in [2.45, 2.75) is 44.7 Å². The molecular formula is C11H23ClN4O2.